The van der Waals surface area contributed by atoms with Crippen molar-refractivity contribution in [3.05, 3.63) is 30.1 Å². The Hall–Kier alpha value is -2.57. The van der Waals surface area contributed by atoms with Crippen LogP contribution in [0.2, 0.25) is 0 Å². The Bertz CT molecular complexity index is 564. The van der Waals surface area contributed by atoms with E-state index in [1.807, 2.05) is 0 Å². The molecule has 0 radical (unpaired) electrons. The van der Waals surface area contributed by atoms with E-state index in [2.05, 4.69) is 10.1 Å². The fraction of sp³-hybridized carbons (Fsp3) is 0.100. The van der Waals surface area contributed by atoms with Gasteiger partial charge in [-0.1, -0.05) is 0 Å². The predicted octanol–water partition coefficient (Wildman–Crippen LogP) is -0.0430. The van der Waals surface area contributed by atoms with Crippen LogP contribution in [-0.2, 0) is 0 Å². The normalized spacial score (nSPS) is 10.2. The summed E-state index contributed by atoms with van der Waals surface area (Å²) in [7, 11) is 1.50. The second-order valence-corrected chi connectivity index (χ2v) is 3.28. The van der Waals surface area contributed by atoms with Crippen LogP contribution in [0.1, 0.15) is 10.5 Å². The number of anilines is 1. The smallest absolute Gasteiger partial charge is 0.269 e. The molecule has 0 bridgehead atoms. The summed E-state index contributed by atoms with van der Waals surface area (Å²) >= 11 is 0. The number of methoxy groups -OCH3 is 1. The molecule has 0 aliphatic carbocycles. The average Bonchev–Trinajstić information content (AvgIpc) is 2.79. The monoisotopic (exact) mass is 233 g/mol. The maximum absolute atomic E-state index is 10.9. The molecule has 88 valence electrons. The molecule has 1 amide bonds. The van der Waals surface area contributed by atoms with Gasteiger partial charge in [-0.2, -0.15) is 10.1 Å². The maximum Gasteiger partial charge on any atom is 0.269 e. The Morgan fingerprint density at radius 2 is 2.18 bits per heavy atom. The number of hydrogen-bond acceptors (Lipinski definition) is 5. The van der Waals surface area contributed by atoms with Crippen molar-refractivity contribution in [1.29, 1.82) is 0 Å². The predicted molar refractivity (Wildman–Crippen MR) is 60.8 cm³/mol. The molecular formula is C10H11N5O2. The van der Waals surface area contributed by atoms with Crippen LogP contribution in [0.15, 0.2) is 24.4 Å². The zero-order chi connectivity index (χ0) is 12.4. The molecule has 0 spiro atoms. The van der Waals surface area contributed by atoms with E-state index in [1.165, 1.54) is 17.9 Å². The van der Waals surface area contributed by atoms with Crippen molar-refractivity contribution in [2.24, 2.45) is 5.73 Å². The van der Waals surface area contributed by atoms with E-state index in [4.69, 9.17) is 16.2 Å². The number of hydrogen-bond donors (Lipinski definition) is 2. The van der Waals surface area contributed by atoms with E-state index in [-0.39, 0.29) is 5.69 Å². The number of carbonyl (C=O) groups is 1. The third-order valence-electron chi connectivity index (χ3n) is 2.15. The van der Waals surface area contributed by atoms with Crippen LogP contribution in [0.4, 0.5) is 5.69 Å². The van der Waals surface area contributed by atoms with Crippen LogP contribution in [0.25, 0.3) is 5.82 Å². The Kier molecular flexibility index (Phi) is 2.65. The molecule has 17 heavy (non-hydrogen) atoms. The van der Waals surface area contributed by atoms with Gasteiger partial charge in [-0.15, -0.1) is 0 Å². The summed E-state index contributed by atoms with van der Waals surface area (Å²) in [5.41, 5.74) is 11.4. The molecule has 2 aromatic heterocycles. The number of ether oxygens (including phenoxy) is 1. The first-order chi connectivity index (χ1) is 8.11. The fourth-order valence-electron chi connectivity index (χ4n) is 1.31. The summed E-state index contributed by atoms with van der Waals surface area (Å²) in [6.07, 6.45) is 1.55. The highest BCUT2D eigenvalue weighted by molar-refractivity contribution is 5.90. The molecule has 4 N–H and O–H groups in total. The van der Waals surface area contributed by atoms with Gasteiger partial charge >= 0.3 is 0 Å². The van der Waals surface area contributed by atoms with Gasteiger partial charge in [-0.25, -0.2) is 4.68 Å². The molecule has 0 saturated heterocycles. The molecule has 0 aliphatic rings. The molecule has 0 unspecified atom stereocenters. The van der Waals surface area contributed by atoms with Crippen LogP contribution in [0.3, 0.4) is 0 Å². The van der Waals surface area contributed by atoms with Crippen molar-refractivity contribution < 1.29 is 9.53 Å². The minimum absolute atomic E-state index is 0.147. The van der Waals surface area contributed by atoms with Crippen molar-refractivity contribution in [1.82, 2.24) is 14.8 Å². The van der Waals surface area contributed by atoms with Gasteiger partial charge in [-0.05, 0) is 12.1 Å². The number of aromatic nitrogens is 3. The van der Waals surface area contributed by atoms with Gasteiger partial charge in [0.25, 0.3) is 5.91 Å². The number of nitrogens with zero attached hydrogens (tertiary/aromatic N) is 3. The largest absolute Gasteiger partial charge is 0.481 e. The van der Waals surface area contributed by atoms with Crippen molar-refractivity contribution in [3.8, 4) is 11.7 Å². The minimum Gasteiger partial charge on any atom is -0.481 e. The van der Waals surface area contributed by atoms with E-state index >= 15 is 0 Å². The lowest BCUT2D eigenvalue weighted by Gasteiger charge is -2.06. The fourth-order valence-corrected chi connectivity index (χ4v) is 1.31. The minimum atomic E-state index is -0.606. The van der Waals surface area contributed by atoms with E-state index < -0.39 is 5.91 Å². The first-order valence-electron chi connectivity index (χ1n) is 4.78. The Labute approximate surface area is 97.0 Å². The summed E-state index contributed by atoms with van der Waals surface area (Å²) in [4.78, 5) is 15.1. The summed E-state index contributed by atoms with van der Waals surface area (Å²) in [5, 5.41) is 3.96. The standard InChI is InChI=1S/C10H11N5O2/c1-17-8-3-2-6(11)10(13-8)15-5-4-7(14-15)9(12)16/h2-5H,11H2,1H3,(H2,12,16). The Morgan fingerprint density at radius 3 is 2.76 bits per heavy atom. The SMILES string of the molecule is COc1ccc(N)c(-n2ccc(C(N)=O)n2)n1. The number of nitrogen functional groups attached to an aromatic ring is 1. The molecule has 0 fully saturated rings. The van der Waals surface area contributed by atoms with Crippen molar-refractivity contribution in [2.75, 3.05) is 12.8 Å². The van der Waals surface area contributed by atoms with Gasteiger partial charge in [0.2, 0.25) is 5.88 Å². The highest BCUT2D eigenvalue weighted by Gasteiger charge is 2.10. The molecule has 0 aliphatic heterocycles. The summed E-state index contributed by atoms with van der Waals surface area (Å²) < 4.78 is 6.36. The lowest BCUT2D eigenvalue weighted by molar-refractivity contribution is 0.0995. The van der Waals surface area contributed by atoms with E-state index in [0.717, 1.165) is 0 Å². The summed E-state index contributed by atoms with van der Waals surface area (Å²) in [6.45, 7) is 0. The molecular weight excluding hydrogens is 222 g/mol. The number of carbonyl (C=O) groups excluding carboxylic acids is 1. The zero-order valence-corrected chi connectivity index (χ0v) is 9.12. The molecule has 7 nitrogen and oxygen atoms in total. The number of pyridine rings is 1. The Balaban J connectivity index is 2.47. The summed E-state index contributed by atoms with van der Waals surface area (Å²) in [6, 6.07) is 4.77. The average molecular weight is 233 g/mol. The molecule has 2 aromatic rings. The second-order valence-electron chi connectivity index (χ2n) is 3.28. The van der Waals surface area contributed by atoms with Crippen molar-refractivity contribution in [3.63, 3.8) is 0 Å². The van der Waals surface area contributed by atoms with Crippen LogP contribution < -0.4 is 16.2 Å². The van der Waals surface area contributed by atoms with E-state index in [9.17, 15) is 4.79 Å². The third kappa shape index (κ3) is 2.03. The summed E-state index contributed by atoms with van der Waals surface area (Å²) in [5.74, 6) is 0.187. The van der Waals surface area contributed by atoms with Gasteiger partial charge in [-0.3, -0.25) is 4.79 Å². The zero-order valence-electron chi connectivity index (χ0n) is 9.12. The van der Waals surface area contributed by atoms with E-state index in [1.54, 1.807) is 18.3 Å². The second kappa shape index (κ2) is 4.12. The number of primary amides is 1. The van der Waals surface area contributed by atoms with Crippen LogP contribution >= 0.6 is 0 Å². The maximum atomic E-state index is 10.9. The van der Waals surface area contributed by atoms with Crippen molar-refractivity contribution >= 4 is 11.6 Å². The topological polar surface area (TPSA) is 109 Å². The molecule has 2 rings (SSSR count). The van der Waals surface area contributed by atoms with E-state index in [0.29, 0.717) is 17.4 Å². The number of nitrogens with two attached hydrogens (primary N) is 2. The Morgan fingerprint density at radius 1 is 1.41 bits per heavy atom. The van der Waals surface area contributed by atoms with Crippen molar-refractivity contribution in [2.45, 2.75) is 0 Å². The van der Waals surface area contributed by atoms with Crippen LogP contribution in [0, 0.1) is 0 Å². The van der Waals surface area contributed by atoms with Gasteiger partial charge in [0, 0.05) is 12.3 Å². The van der Waals surface area contributed by atoms with Gasteiger partial charge in [0.05, 0.1) is 12.8 Å². The third-order valence-corrected chi connectivity index (χ3v) is 2.15. The quantitative estimate of drug-likeness (QED) is 0.772. The molecule has 7 heteroatoms. The molecule has 0 aromatic carbocycles. The highest BCUT2D eigenvalue weighted by atomic mass is 16.5. The highest BCUT2D eigenvalue weighted by Crippen LogP contribution is 2.18. The van der Waals surface area contributed by atoms with Crippen LogP contribution in [0.5, 0.6) is 5.88 Å². The van der Waals surface area contributed by atoms with Gasteiger partial charge < -0.3 is 16.2 Å². The molecule has 0 atom stereocenters. The first kappa shape index (κ1) is 10.9. The van der Waals surface area contributed by atoms with Crippen LogP contribution in [-0.4, -0.2) is 27.8 Å². The first-order valence-corrected chi connectivity index (χ1v) is 4.78. The molecule has 0 saturated carbocycles. The lowest BCUT2D eigenvalue weighted by atomic mass is 10.4. The number of amides is 1. The van der Waals surface area contributed by atoms with Gasteiger partial charge in [0.15, 0.2) is 5.82 Å². The molecule has 2 heterocycles. The van der Waals surface area contributed by atoms with Gasteiger partial charge in [0.1, 0.15) is 5.69 Å². The lowest BCUT2D eigenvalue weighted by Crippen LogP contribution is -2.13. The number of rotatable bonds is 3.